The lowest BCUT2D eigenvalue weighted by atomic mass is 10.1. The van der Waals surface area contributed by atoms with Gasteiger partial charge < -0.3 is 16.6 Å². The van der Waals surface area contributed by atoms with E-state index in [-0.39, 0.29) is 12.4 Å². The van der Waals surface area contributed by atoms with Gasteiger partial charge in [-0.05, 0) is 19.4 Å². The van der Waals surface area contributed by atoms with E-state index < -0.39 is 22.4 Å². The highest BCUT2D eigenvalue weighted by Gasteiger charge is 2.09. The van der Waals surface area contributed by atoms with Crippen LogP contribution in [0.5, 0.6) is 0 Å². The summed E-state index contributed by atoms with van der Waals surface area (Å²) in [4.78, 5) is 10.1. The van der Waals surface area contributed by atoms with Gasteiger partial charge in [0.25, 0.3) is 0 Å². The first-order valence-corrected chi connectivity index (χ1v) is 5.46. The molecule has 0 saturated heterocycles. The summed E-state index contributed by atoms with van der Waals surface area (Å²) in [5.41, 5.74) is 10.4. The molecule has 0 aliphatic heterocycles. The van der Waals surface area contributed by atoms with Crippen LogP contribution >= 0.6 is 12.4 Å². The molecule has 0 bridgehead atoms. The Morgan fingerprint density at radius 3 is 1.88 bits per heavy atom. The summed E-state index contributed by atoms with van der Waals surface area (Å²) in [6.07, 6.45) is 2.16. The van der Waals surface area contributed by atoms with E-state index in [1.165, 1.54) is 0 Å². The summed E-state index contributed by atoms with van der Waals surface area (Å²) < 4.78 is 31.6. The van der Waals surface area contributed by atoms with Crippen molar-refractivity contribution in [1.29, 1.82) is 0 Å². The first-order valence-electron chi connectivity index (χ1n) is 4.06. The minimum absolute atomic E-state index is 0. The van der Waals surface area contributed by atoms with Crippen LogP contribution in [-0.2, 0) is 15.2 Å². The molecule has 0 spiro atoms. The number of aliphatic carboxylic acids is 1. The molecule has 0 rings (SSSR count). The van der Waals surface area contributed by atoms with E-state index in [1.54, 1.807) is 0 Å². The molecule has 0 aromatic heterocycles. The fourth-order valence-electron chi connectivity index (χ4n) is 0.632. The lowest BCUT2D eigenvalue weighted by Gasteiger charge is -2.03. The largest absolute Gasteiger partial charge is 0.480 e. The van der Waals surface area contributed by atoms with Crippen LogP contribution in [0.2, 0.25) is 0 Å². The van der Waals surface area contributed by atoms with E-state index in [9.17, 15) is 4.79 Å². The molecular formula is C6H17ClN2O6S. The first-order chi connectivity index (χ1) is 6.68. The van der Waals surface area contributed by atoms with E-state index in [0.29, 0.717) is 13.0 Å². The third-order valence-corrected chi connectivity index (χ3v) is 1.29. The average molecular weight is 281 g/mol. The van der Waals surface area contributed by atoms with Crippen molar-refractivity contribution in [3.8, 4) is 0 Å². The van der Waals surface area contributed by atoms with Crippen LogP contribution in [0.1, 0.15) is 19.3 Å². The molecule has 0 saturated carbocycles. The van der Waals surface area contributed by atoms with Crippen molar-refractivity contribution < 1.29 is 27.4 Å². The fourth-order valence-corrected chi connectivity index (χ4v) is 0.632. The third kappa shape index (κ3) is 29.2. The molecule has 1 atom stereocenters. The summed E-state index contributed by atoms with van der Waals surface area (Å²) in [7, 11) is -4.67. The lowest BCUT2D eigenvalue weighted by Crippen LogP contribution is -2.29. The molecule has 8 nitrogen and oxygen atoms in total. The van der Waals surface area contributed by atoms with Crippen LogP contribution < -0.4 is 11.5 Å². The molecule has 0 aliphatic rings. The van der Waals surface area contributed by atoms with Gasteiger partial charge in [-0.1, -0.05) is 6.42 Å². The summed E-state index contributed by atoms with van der Waals surface area (Å²) in [5.74, 6) is -0.933. The summed E-state index contributed by atoms with van der Waals surface area (Å²) in [6, 6.07) is -0.716. The van der Waals surface area contributed by atoms with Crippen molar-refractivity contribution in [3.63, 3.8) is 0 Å². The van der Waals surface area contributed by atoms with Gasteiger partial charge in [-0.3, -0.25) is 13.9 Å². The Hall–Kier alpha value is -0.450. The van der Waals surface area contributed by atoms with Crippen molar-refractivity contribution in [2.75, 3.05) is 6.54 Å². The second-order valence-electron chi connectivity index (χ2n) is 2.68. The highest BCUT2D eigenvalue weighted by atomic mass is 35.5. The standard InChI is InChI=1S/C6H14N2O2.ClH.H2O4S/c7-4-2-1-3-5(8)6(9)10;;1-5(2,3)4/h5H,1-4,7-8H2,(H,9,10);1H;(H2,1,2,3,4)/t5-;;/m0../s1. The van der Waals surface area contributed by atoms with Crippen LogP contribution in [0.4, 0.5) is 0 Å². The Labute approximate surface area is 100.0 Å². The molecule has 0 heterocycles. The van der Waals surface area contributed by atoms with Crippen molar-refractivity contribution in [2.45, 2.75) is 25.3 Å². The maximum absolute atomic E-state index is 10.1. The smallest absolute Gasteiger partial charge is 0.394 e. The van der Waals surface area contributed by atoms with Gasteiger partial charge in [-0.2, -0.15) is 8.42 Å². The maximum Gasteiger partial charge on any atom is 0.394 e. The van der Waals surface area contributed by atoms with Crippen LogP contribution in [0.25, 0.3) is 0 Å². The van der Waals surface area contributed by atoms with Crippen molar-refractivity contribution in [2.24, 2.45) is 11.5 Å². The number of halogens is 1. The second kappa shape index (κ2) is 11.0. The van der Waals surface area contributed by atoms with Gasteiger partial charge in [0.05, 0.1) is 0 Å². The van der Waals surface area contributed by atoms with Crippen LogP contribution in [0, 0.1) is 0 Å². The monoisotopic (exact) mass is 280 g/mol. The van der Waals surface area contributed by atoms with E-state index in [4.69, 9.17) is 34.1 Å². The van der Waals surface area contributed by atoms with Crippen molar-refractivity contribution in [3.05, 3.63) is 0 Å². The molecule has 7 N–H and O–H groups in total. The van der Waals surface area contributed by atoms with Gasteiger partial charge in [-0.15, -0.1) is 12.4 Å². The zero-order valence-corrected chi connectivity index (χ0v) is 10.1. The number of hydrogen-bond acceptors (Lipinski definition) is 5. The van der Waals surface area contributed by atoms with Gasteiger partial charge in [0.1, 0.15) is 6.04 Å². The van der Waals surface area contributed by atoms with Crippen LogP contribution in [0.3, 0.4) is 0 Å². The van der Waals surface area contributed by atoms with Crippen molar-refractivity contribution >= 4 is 28.8 Å². The zero-order valence-electron chi connectivity index (χ0n) is 8.44. The molecule has 0 unspecified atom stereocenters. The number of carboxylic acids is 1. The molecule has 0 aromatic rings. The Balaban J connectivity index is -0.000000242. The predicted octanol–water partition coefficient (Wildman–Crippen LogP) is -0.704. The molecular weight excluding hydrogens is 264 g/mol. The van der Waals surface area contributed by atoms with Gasteiger partial charge in [0.2, 0.25) is 0 Å². The minimum atomic E-state index is -4.67. The predicted molar refractivity (Wildman–Crippen MR) is 59.9 cm³/mol. The lowest BCUT2D eigenvalue weighted by molar-refractivity contribution is -0.138. The molecule has 0 aromatic carbocycles. The van der Waals surface area contributed by atoms with Gasteiger partial charge in [0.15, 0.2) is 0 Å². The molecule has 10 heteroatoms. The quantitative estimate of drug-likeness (QED) is 0.326. The fraction of sp³-hybridized carbons (Fsp3) is 0.833. The number of unbranched alkanes of at least 4 members (excludes halogenated alkanes) is 1. The summed E-state index contributed by atoms with van der Waals surface area (Å²) in [5, 5.41) is 8.33. The third-order valence-electron chi connectivity index (χ3n) is 1.29. The molecule has 0 amide bonds. The maximum atomic E-state index is 10.1. The Morgan fingerprint density at radius 1 is 1.25 bits per heavy atom. The van der Waals surface area contributed by atoms with Gasteiger partial charge in [0, 0.05) is 0 Å². The second-order valence-corrected chi connectivity index (χ2v) is 3.57. The molecule has 100 valence electrons. The number of rotatable bonds is 5. The van der Waals surface area contributed by atoms with E-state index >= 15 is 0 Å². The Morgan fingerprint density at radius 2 is 1.62 bits per heavy atom. The highest BCUT2D eigenvalue weighted by Crippen LogP contribution is 1.96. The van der Waals surface area contributed by atoms with E-state index in [2.05, 4.69) is 0 Å². The summed E-state index contributed by atoms with van der Waals surface area (Å²) >= 11 is 0. The van der Waals surface area contributed by atoms with Crippen molar-refractivity contribution in [1.82, 2.24) is 0 Å². The number of nitrogens with two attached hydrogens (primary N) is 2. The minimum Gasteiger partial charge on any atom is -0.480 e. The highest BCUT2D eigenvalue weighted by molar-refractivity contribution is 7.79. The number of hydrogen-bond donors (Lipinski definition) is 5. The van der Waals surface area contributed by atoms with E-state index in [1.807, 2.05) is 0 Å². The molecule has 16 heavy (non-hydrogen) atoms. The topological polar surface area (TPSA) is 164 Å². The Bertz CT molecular complexity index is 262. The SMILES string of the molecule is Cl.NCCCC[C@H](N)C(=O)O.O=S(=O)(O)O. The summed E-state index contributed by atoms with van der Waals surface area (Å²) in [6.45, 7) is 0.604. The number of carboxylic acid groups (broad SMARTS) is 1. The van der Waals surface area contributed by atoms with Gasteiger partial charge in [-0.25, -0.2) is 0 Å². The number of carbonyl (C=O) groups is 1. The van der Waals surface area contributed by atoms with E-state index in [0.717, 1.165) is 12.8 Å². The molecule has 0 fully saturated rings. The van der Waals surface area contributed by atoms with Crippen LogP contribution in [-0.4, -0.2) is 41.2 Å². The van der Waals surface area contributed by atoms with Crippen LogP contribution in [0.15, 0.2) is 0 Å². The average Bonchev–Trinajstić information content (AvgIpc) is 2.01. The molecule has 0 radical (unpaired) electrons. The first kappa shape index (κ1) is 20.9. The zero-order chi connectivity index (χ0) is 12.5. The van der Waals surface area contributed by atoms with Gasteiger partial charge >= 0.3 is 16.4 Å². The molecule has 0 aliphatic carbocycles. The Kier molecular flexibility index (Phi) is 14.4. The normalized spacial score (nSPS) is 11.8.